The average Bonchev–Trinajstić information content (AvgIpc) is 3.29. The van der Waals surface area contributed by atoms with Crippen LogP contribution in [-0.2, 0) is 32.6 Å². The van der Waals surface area contributed by atoms with Gasteiger partial charge in [0, 0.05) is 8.95 Å². The second-order valence-electron chi connectivity index (χ2n) is 6.36. The van der Waals surface area contributed by atoms with E-state index in [2.05, 4.69) is 133 Å². The number of rotatable bonds is 1. The Balaban J connectivity index is 0.000000278. The summed E-state index contributed by atoms with van der Waals surface area (Å²) in [6.07, 6.45) is 0.990. The van der Waals surface area contributed by atoms with Crippen LogP contribution >= 0.6 is 47.8 Å². The molecule has 0 amide bonds. The van der Waals surface area contributed by atoms with Gasteiger partial charge in [-0.2, -0.15) is 42.0 Å². The van der Waals surface area contributed by atoms with Gasteiger partial charge < -0.3 is 24.8 Å². The van der Waals surface area contributed by atoms with E-state index in [4.69, 9.17) is 0 Å². The first-order valence-electron chi connectivity index (χ1n) is 8.57. The molecule has 4 aromatic rings. The average molecular weight is 705 g/mol. The van der Waals surface area contributed by atoms with Gasteiger partial charge >= 0.3 is 26.2 Å². The Bertz CT molecular complexity index is 1030. The molecule has 0 nitrogen and oxygen atoms in total. The molecule has 0 atom stereocenters. The molecule has 0 aliphatic heterocycles. The number of hydrogen-bond acceptors (Lipinski definition) is 0. The van der Waals surface area contributed by atoms with Crippen LogP contribution < -0.4 is 24.8 Å². The smallest absolute Gasteiger partial charge is 1.00 e. The normalized spacial score (nSPS) is 10.2. The zero-order valence-electron chi connectivity index (χ0n) is 15.6. The SMILES string of the molecule is Brc1[c-]c2c(cc1)-c1ccc(Br)cc1C2.Brc1ccc(-c2cc[cH-]c2)cc1.[Cl-].[Cl-].[Zr+4]. The first-order valence-corrected chi connectivity index (χ1v) is 11.0. The number of hydrogen-bond donors (Lipinski definition) is 0. The molecule has 4 aromatic carbocycles. The fraction of sp³-hybridized carbons (Fsp3) is 0.0417. The quantitative estimate of drug-likeness (QED) is 0.236. The predicted molar refractivity (Wildman–Crippen MR) is 124 cm³/mol. The van der Waals surface area contributed by atoms with E-state index >= 15 is 0 Å². The Hall–Kier alpha value is -0.0869. The molecule has 6 heteroatoms. The molecule has 0 heterocycles. The van der Waals surface area contributed by atoms with Crippen molar-refractivity contribution in [3.8, 4) is 22.3 Å². The van der Waals surface area contributed by atoms with Crippen LogP contribution in [0.2, 0.25) is 0 Å². The maximum atomic E-state index is 3.50. The Kier molecular flexibility index (Phi) is 11.9. The summed E-state index contributed by atoms with van der Waals surface area (Å²) in [4.78, 5) is 0. The van der Waals surface area contributed by atoms with E-state index in [-0.39, 0.29) is 51.0 Å². The molecule has 1 aliphatic carbocycles. The van der Waals surface area contributed by atoms with Gasteiger partial charge in [-0.25, -0.2) is 6.07 Å². The summed E-state index contributed by atoms with van der Waals surface area (Å²) < 4.78 is 3.30. The zero-order valence-corrected chi connectivity index (χ0v) is 24.3. The number of fused-ring (bicyclic) bond motifs is 3. The third kappa shape index (κ3) is 6.70. The van der Waals surface area contributed by atoms with E-state index in [0.717, 1.165) is 19.8 Å². The van der Waals surface area contributed by atoms with Crippen LogP contribution in [0.25, 0.3) is 22.3 Å². The van der Waals surface area contributed by atoms with Crippen LogP contribution in [0.5, 0.6) is 0 Å². The van der Waals surface area contributed by atoms with Crippen LogP contribution in [0.1, 0.15) is 11.1 Å². The van der Waals surface area contributed by atoms with E-state index in [1.54, 1.807) is 0 Å². The molecule has 1 aliphatic rings. The van der Waals surface area contributed by atoms with Crippen LogP contribution in [-0.4, -0.2) is 0 Å². The van der Waals surface area contributed by atoms with Crippen LogP contribution in [0.15, 0.2) is 92.3 Å². The fourth-order valence-corrected chi connectivity index (χ4v) is 4.32. The molecule has 0 saturated heterocycles. The minimum absolute atomic E-state index is 0. The maximum Gasteiger partial charge on any atom is 4.00 e. The van der Waals surface area contributed by atoms with Crippen molar-refractivity contribution < 1.29 is 51.0 Å². The molecule has 0 radical (unpaired) electrons. The van der Waals surface area contributed by atoms with Crippen molar-refractivity contribution in [2.24, 2.45) is 0 Å². The molecule has 150 valence electrons. The molecule has 30 heavy (non-hydrogen) atoms. The van der Waals surface area contributed by atoms with Crippen molar-refractivity contribution >= 4 is 47.8 Å². The first kappa shape index (κ1) is 27.9. The van der Waals surface area contributed by atoms with Crippen LogP contribution in [0, 0.1) is 6.07 Å². The summed E-state index contributed by atoms with van der Waals surface area (Å²) in [5.41, 5.74) is 7.88. The standard InChI is InChI=1S/C13H7Br2.C11H8Br.2ClH.Zr/c14-10-1-3-12-8(6-10)5-9-7-11(15)2-4-13(9)12;12-11-7-5-10(6-8-11)9-3-1-2-4-9;;;/h1-4,6H,5H2;1-8H;2*1H;/q2*-1;;;+4/p-2. The Morgan fingerprint density at radius 1 is 0.733 bits per heavy atom. The summed E-state index contributed by atoms with van der Waals surface area (Å²) in [5.74, 6) is 0. The fourth-order valence-electron chi connectivity index (χ4n) is 3.27. The molecule has 0 spiro atoms. The molecule has 0 N–H and O–H groups in total. The topological polar surface area (TPSA) is 0 Å². The molecule has 5 rings (SSSR count). The van der Waals surface area contributed by atoms with Gasteiger partial charge in [-0.15, -0.1) is 11.1 Å². The van der Waals surface area contributed by atoms with Crippen molar-refractivity contribution in [2.75, 3.05) is 0 Å². The molecule has 0 unspecified atom stereocenters. The van der Waals surface area contributed by atoms with Crippen molar-refractivity contribution in [3.63, 3.8) is 0 Å². The van der Waals surface area contributed by atoms with Crippen LogP contribution in [0.3, 0.4) is 0 Å². The first-order chi connectivity index (χ1) is 13.1. The number of halogens is 5. The second-order valence-corrected chi connectivity index (χ2v) is 9.04. The maximum absolute atomic E-state index is 3.50. The Labute approximate surface area is 234 Å². The summed E-state index contributed by atoms with van der Waals surface area (Å²) in [7, 11) is 0. The van der Waals surface area contributed by atoms with Gasteiger partial charge in [-0.1, -0.05) is 81.6 Å². The van der Waals surface area contributed by atoms with Gasteiger partial charge in [0.25, 0.3) is 0 Å². The molecule has 0 aromatic heterocycles. The summed E-state index contributed by atoms with van der Waals surface area (Å²) in [6.45, 7) is 0. The molecule has 0 bridgehead atoms. The Morgan fingerprint density at radius 3 is 2.07 bits per heavy atom. The molecular formula is C24H15Br3Cl2Zr. The monoisotopic (exact) mass is 700 g/mol. The van der Waals surface area contributed by atoms with E-state index < -0.39 is 0 Å². The van der Waals surface area contributed by atoms with E-state index in [1.807, 2.05) is 0 Å². The van der Waals surface area contributed by atoms with Crippen molar-refractivity contribution in [1.29, 1.82) is 0 Å². The van der Waals surface area contributed by atoms with E-state index in [1.165, 1.54) is 33.4 Å². The number of benzene rings is 3. The van der Waals surface area contributed by atoms with E-state index in [9.17, 15) is 0 Å². The third-order valence-electron chi connectivity index (χ3n) is 4.56. The van der Waals surface area contributed by atoms with Gasteiger partial charge in [0.2, 0.25) is 0 Å². The molecule has 0 saturated carbocycles. The van der Waals surface area contributed by atoms with Crippen LogP contribution in [0.4, 0.5) is 0 Å². The largest absolute Gasteiger partial charge is 4.00 e. The zero-order chi connectivity index (χ0) is 18.8. The minimum atomic E-state index is 0. The summed E-state index contributed by atoms with van der Waals surface area (Å²) in [5, 5.41) is 0. The molecule has 0 fully saturated rings. The van der Waals surface area contributed by atoms with Gasteiger partial charge in [-0.05, 0) is 36.2 Å². The van der Waals surface area contributed by atoms with Crippen molar-refractivity contribution in [2.45, 2.75) is 6.42 Å². The molecular weight excluding hydrogens is 690 g/mol. The summed E-state index contributed by atoms with van der Waals surface area (Å²) in [6, 6.07) is 30.7. The second kappa shape index (κ2) is 12.8. The predicted octanol–water partition coefficient (Wildman–Crippen LogP) is 2.42. The Morgan fingerprint density at radius 2 is 1.40 bits per heavy atom. The summed E-state index contributed by atoms with van der Waals surface area (Å²) >= 11 is 10.4. The van der Waals surface area contributed by atoms with Crippen molar-refractivity contribution in [3.05, 3.63) is 109 Å². The van der Waals surface area contributed by atoms with Gasteiger partial charge in [0.05, 0.1) is 0 Å². The third-order valence-corrected chi connectivity index (χ3v) is 6.04. The van der Waals surface area contributed by atoms with E-state index in [0.29, 0.717) is 0 Å². The van der Waals surface area contributed by atoms with Gasteiger partial charge in [0.15, 0.2) is 0 Å². The minimum Gasteiger partial charge on any atom is -1.00 e. The van der Waals surface area contributed by atoms with Gasteiger partial charge in [-0.3, -0.25) is 0 Å². The van der Waals surface area contributed by atoms with Crippen molar-refractivity contribution in [1.82, 2.24) is 0 Å². The van der Waals surface area contributed by atoms with Gasteiger partial charge in [0.1, 0.15) is 0 Å².